The van der Waals surface area contributed by atoms with E-state index in [2.05, 4.69) is 28.5 Å². The summed E-state index contributed by atoms with van der Waals surface area (Å²) >= 11 is 0. The Bertz CT molecular complexity index is 359. The second-order valence-electron chi connectivity index (χ2n) is 6.09. The molecule has 22 heavy (non-hydrogen) atoms. The van der Waals surface area contributed by atoms with Crippen molar-refractivity contribution in [2.24, 2.45) is 0 Å². The maximum Gasteiger partial charge on any atom is 0.0299 e. The molecule has 1 heterocycles. The lowest BCUT2D eigenvalue weighted by Gasteiger charge is -2.01. The zero-order valence-corrected chi connectivity index (χ0v) is 14.4. The Kier molecular flexibility index (Phi) is 12.7. The Labute approximate surface area is 137 Å². The number of pyridine rings is 1. The molecule has 0 aliphatic rings. The van der Waals surface area contributed by atoms with Crippen LogP contribution in [0.5, 0.6) is 0 Å². The van der Waals surface area contributed by atoms with Crippen LogP contribution in [0.15, 0.2) is 36.7 Å². The highest BCUT2D eigenvalue weighted by molar-refractivity contribution is 5.09. The standard InChI is InChI=1S/C20H34N2/c1-21-17-13-11-9-7-5-3-2-4-6-8-10-12-15-20-16-14-18-22-19-20/h8,10,14,16,18-19,21H,2-7,9,11-13,15,17H2,1H3/b10-8-. The third kappa shape index (κ3) is 11.5. The number of hydrogen-bond acceptors (Lipinski definition) is 2. The molecule has 0 aliphatic carbocycles. The van der Waals surface area contributed by atoms with Crippen LogP contribution >= 0.6 is 0 Å². The first-order valence-corrected chi connectivity index (χ1v) is 9.12. The molecular weight excluding hydrogens is 268 g/mol. The average Bonchev–Trinajstić information content (AvgIpc) is 2.56. The average molecular weight is 303 g/mol. The predicted molar refractivity (Wildman–Crippen MR) is 97.2 cm³/mol. The molecule has 0 radical (unpaired) electrons. The van der Waals surface area contributed by atoms with Gasteiger partial charge in [0.05, 0.1) is 0 Å². The monoisotopic (exact) mass is 302 g/mol. The van der Waals surface area contributed by atoms with Crippen LogP contribution in [0.4, 0.5) is 0 Å². The first kappa shape index (κ1) is 18.9. The molecule has 1 aromatic heterocycles. The number of rotatable bonds is 14. The summed E-state index contributed by atoms with van der Waals surface area (Å²) in [5, 5.41) is 3.21. The van der Waals surface area contributed by atoms with Gasteiger partial charge in [-0.25, -0.2) is 0 Å². The first-order chi connectivity index (χ1) is 10.9. The van der Waals surface area contributed by atoms with Gasteiger partial charge in [0.15, 0.2) is 0 Å². The van der Waals surface area contributed by atoms with Crippen molar-refractivity contribution in [3.8, 4) is 0 Å². The van der Waals surface area contributed by atoms with Crippen molar-refractivity contribution in [3.05, 3.63) is 42.2 Å². The second-order valence-corrected chi connectivity index (χ2v) is 6.09. The van der Waals surface area contributed by atoms with Crippen molar-refractivity contribution in [2.45, 2.75) is 70.6 Å². The lowest BCUT2D eigenvalue weighted by molar-refractivity contribution is 0.562. The van der Waals surface area contributed by atoms with Gasteiger partial charge in [-0.3, -0.25) is 4.98 Å². The number of nitrogens with one attached hydrogen (secondary N) is 1. The highest BCUT2D eigenvalue weighted by Crippen LogP contribution is 2.10. The molecule has 0 unspecified atom stereocenters. The summed E-state index contributed by atoms with van der Waals surface area (Å²) in [7, 11) is 2.04. The number of nitrogens with zero attached hydrogens (tertiary/aromatic N) is 1. The smallest absolute Gasteiger partial charge is 0.0299 e. The lowest BCUT2D eigenvalue weighted by atomic mass is 10.1. The molecule has 2 heteroatoms. The topological polar surface area (TPSA) is 24.9 Å². The normalized spacial score (nSPS) is 11.3. The number of hydrogen-bond donors (Lipinski definition) is 1. The lowest BCUT2D eigenvalue weighted by Crippen LogP contribution is -2.06. The van der Waals surface area contributed by atoms with E-state index in [4.69, 9.17) is 0 Å². The van der Waals surface area contributed by atoms with Gasteiger partial charge in [-0.15, -0.1) is 0 Å². The van der Waals surface area contributed by atoms with E-state index in [1.807, 2.05) is 25.5 Å². The number of aryl methyl sites for hydroxylation is 1. The fourth-order valence-electron chi connectivity index (χ4n) is 2.66. The Hall–Kier alpha value is -1.15. The van der Waals surface area contributed by atoms with E-state index in [0.29, 0.717) is 0 Å². The van der Waals surface area contributed by atoms with Gasteiger partial charge in [0.2, 0.25) is 0 Å². The predicted octanol–water partition coefficient (Wildman–Crippen LogP) is 5.30. The molecule has 0 fully saturated rings. The zero-order chi connectivity index (χ0) is 15.7. The van der Waals surface area contributed by atoms with Crippen LogP contribution in [-0.2, 0) is 6.42 Å². The van der Waals surface area contributed by atoms with E-state index >= 15 is 0 Å². The molecule has 0 aliphatic heterocycles. The number of unbranched alkanes of at least 4 members (excludes halogenated alkanes) is 8. The van der Waals surface area contributed by atoms with Crippen molar-refractivity contribution < 1.29 is 0 Å². The summed E-state index contributed by atoms with van der Waals surface area (Å²) in [4.78, 5) is 4.14. The molecule has 0 amide bonds. The molecule has 0 saturated heterocycles. The highest BCUT2D eigenvalue weighted by Gasteiger charge is 1.92. The number of allylic oxidation sites excluding steroid dienone is 2. The Balaban J connectivity index is 1.80. The van der Waals surface area contributed by atoms with E-state index in [1.165, 1.54) is 69.9 Å². The van der Waals surface area contributed by atoms with Crippen LogP contribution in [0.2, 0.25) is 0 Å². The van der Waals surface area contributed by atoms with Gasteiger partial charge in [0.25, 0.3) is 0 Å². The van der Waals surface area contributed by atoms with Crippen LogP contribution < -0.4 is 5.32 Å². The van der Waals surface area contributed by atoms with Crippen molar-refractivity contribution >= 4 is 0 Å². The molecule has 1 aromatic rings. The van der Waals surface area contributed by atoms with E-state index in [9.17, 15) is 0 Å². The van der Waals surface area contributed by atoms with E-state index in [-0.39, 0.29) is 0 Å². The summed E-state index contributed by atoms with van der Waals surface area (Å²) in [5.41, 5.74) is 1.34. The summed E-state index contributed by atoms with van der Waals surface area (Å²) in [5.74, 6) is 0. The highest BCUT2D eigenvalue weighted by atomic mass is 14.8. The van der Waals surface area contributed by atoms with Crippen LogP contribution in [0.1, 0.15) is 69.8 Å². The molecule has 2 nitrogen and oxygen atoms in total. The molecule has 0 atom stereocenters. The molecule has 124 valence electrons. The van der Waals surface area contributed by atoms with Crippen LogP contribution in [0, 0.1) is 0 Å². The molecule has 0 spiro atoms. The Morgan fingerprint density at radius 1 is 0.909 bits per heavy atom. The van der Waals surface area contributed by atoms with Crippen molar-refractivity contribution in [3.63, 3.8) is 0 Å². The van der Waals surface area contributed by atoms with Crippen molar-refractivity contribution in [1.82, 2.24) is 10.3 Å². The summed E-state index contributed by atoms with van der Waals surface area (Å²) in [6.45, 7) is 1.17. The maximum atomic E-state index is 4.14. The third-order valence-electron chi connectivity index (χ3n) is 4.04. The maximum absolute atomic E-state index is 4.14. The quantitative estimate of drug-likeness (QED) is 0.372. The minimum atomic E-state index is 1.11. The van der Waals surface area contributed by atoms with Gasteiger partial charge in [-0.1, -0.05) is 56.7 Å². The fourth-order valence-corrected chi connectivity index (χ4v) is 2.66. The minimum absolute atomic E-state index is 1.11. The third-order valence-corrected chi connectivity index (χ3v) is 4.04. The van der Waals surface area contributed by atoms with Gasteiger partial charge in [-0.2, -0.15) is 0 Å². The fraction of sp³-hybridized carbons (Fsp3) is 0.650. The zero-order valence-electron chi connectivity index (χ0n) is 14.4. The SMILES string of the molecule is CNCCCCCCCCCC/C=C\CCc1cccnc1. The van der Waals surface area contributed by atoms with E-state index in [0.717, 1.165) is 12.8 Å². The van der Waals surface area contributed by atoms with Gasteiger partial charge < -0.3 is 5.32 Å². The van der Waals surface area contributed by atoms with Crippen LogP contribution in [0.25, 0.3) is 0 Å². The Morgan fingerprint density at radius 3 is 2.27 bits per heavy atom. The van der Waals surface area contributed by atoms with Gasteiger partial charge in [0, 0.05) is 12.4 Å². The first-order valence-electron chi connectivity index (χ1n) is 9.12. The summed E-state index contributed by atoms with van der Waals surface area (Å²) < 4.78 is 0. The minimum Gasteiger partial charge on any atom is -0.320 e. The second kappa shape index (κ2) is 14.8. The molecule has 0 bridgehead atoms. The van der Waals surface area contributed by atoms with Crippen molar-refractivity contribution in [1.29, 1.82) is 0 Å². The van der Waals surface area contributed by atoms with E-state index in [1.54, 1.807) is 0 Å². The van der Waals surface area contributed by atoms with Gasteiger partial charge >= 0.3 is 0 Å². The molecule has 0 aromatic carbocycles. The van der Waals surface area contributed by atoms with Gasteiger partial charge in [-0.05, 0) is 57.3 Å². The number of aromatic nitrogens is 1. The van der Waals surface area contributed by atoms with E-state index < -0.39 is 0 Å². The Morgan fingerprint density at radius 2 is 1.59 bits per heavy atom. The molecule has 1 N–H and O–H groups in total. The molecule has 0 saturated carbocycles. The molecular formula is C20H34N2. The summed E-state index contributed by atoms with van der Waals surface area (Å²) in [6.07, 6.45) is 23.1. The summed E-state index contributed by atoms with van der Waals surface area (Å²) in [6, 6.07) is 4.17. The van der Waals surface area contributed by atoms with Crippen LogP contribution in [-0.4, -0.2) is 18.6 Å². The van der Waals surface area contributed by atoms with Gasteiger partial charge in [0.1, 0.15) is 0 Å². The largest absolute Gasteiger partial charge is 0.320 e. The molecule has 1 rings (SSSR count). The van der Waals surface area contributed by atoms with Crippen molar-refractivity contribution in [2.75, 3.05) is 13.6 Å². The van der Waals surface area contributed by atoms with Crippen LogP contribution in [0.3, 0.4) is 0 Å².